The molecule has 3 heteroatoms. The number of unbranched alkanes of at least 4 members (excludes halogenated alkanes) is 3. The van der Waals surface area contributed by atoms with Crippen LogP contribution in [0.3, 0.4) is 0 Å². The van der Waals surface area contributed by atoms with Crippen molar-refractivity contribution in [3.63, 3.8) is 0 Å². The van der Waals surface area contributed by atoms with Gasteiger partial charge in [-0.05, 0) is 31.6 Å². The maximum absolute atomic E-state index is 9.93. The summed E-state index contributed by atoms with van der Waals surface area (Å²) in [6.07, 6.45) is 3.35. The van der Waals surface area contributed by atoms with E-state index in [9.17, 15) is 5.11 Å². The van der Waals surface area contributed by atoms with E-state index < -0.39 is 6.10 Å². The first-order valence-corrected chi connectivity index (χ1v) is 7.67. The summed E-state index contributed by atoms with van der Waals surface area (Å²) in [5.74, 6) is 0.797. The molecule has 0 aliphatic heterocycles. The minimum absolute atomic E-state index is 0.260. The lowest BCUT2D eigenvalue weighted by Gasteiger charge is -2.16. The Labute approximate surface area is 126 Å². The Balaban J connectivity index is 2.10. The van der Waals surface area contributed by atoms with Gasteiger partial charge in [-0.3, -0.25) is 0 Å². The molecule has 2 N–H and O–H groups in total. The maximum atomic E-state index is 9.93. The third-order valence-corrected chi connectivity index (χ3v) is 3.66. The maximum Gasteiger partial charge on any atom is 0.132 e. The molecule has 0 aromatic heterocycles. The quantitative estimate of drug-likeness (QED) is 0.726. The van der Waals surface area contributed by atoms with E-state index in [0.29, 0.717) is 6.61 Å². The average Bonchev–Trinajstić information content (AvgIpc) is 2.50. The predicted molar refractivity (Wildman–Crippen MR) is 85.6 cm³/mol. The van der Waals surface area contributed by atoms with Crippen LogP contribution in [0.5, 0.6) is 5.75 Å². The van der Waals surface area contributed by atoms with E-state index in [2.05, 4.69) is 6.07 Å². The highest BCUT2D eigenvalue weighted by Gasteiger charge is 2.12. The van der Waals surface area contributed by atoms with Gasteiger partial charge in [0.2, 0.25) is 0 Å². The molecular formula is C18H24O3. The second kappa shape index (κ2) is 8.01. The van der Waals surface area contributed by atoms with E-state index in [1.807, 2.05) is 30.3 Å². The van der Waals surface area contributed by atoms with Gasteiger partial charge in [0.25, 0.3) is 0 Å². The van der Waals surface area contributed by atoms with Gasteiger partial charge >= 0.3 is 0 Å². The van der Waals surface area contributed by atoms with Crippen molar-refractivity contribution in [3.8, 4) is 5.75 Å². The molecule has 0 amide bonds. The molecule has 0 spiro atoms. The normalized spacial score (nSPS) is 12.5. The largest absolute Gasteiger partial charge is 0.493 e. The molecule has 0 aliphatic rings. The van der Waals surface area contributed by atoms with Gasteiger partial charge in [0.15, 0.2) is 0 Å². The number of hydrogen-bond acceptors (Lipinski definition) is 3. The first-order chi connectivity index (χ1) is 10.2. The number of fused-ring (bicyclic) bond motifs is 1. The Kier molecular flexibility index (Phi) is 6.03. The van der Waals surface area contributed by atoms with Crippen LogP contribution in [0.25, 0.3) is 10.8 Å². The highest BCUT2D eigenvalue weighted by molar-refractivity contribution is 5.89. The fourth-order valence-corrected chi connectivity index (χ4v) is 2.49. The molecular weight excluding hydrogens is 264 g/mol. The van der Waals surface area contributed by atoms with Crippen LogP contribution in [0.15, 0.2) is 36.4 Å². The summed E-state index contributed by atoms with van der Waals surface area (Å²) in [4.78, 5) is 0. The third kappa shape index (κ3) is 4.19. The molecule has 0 saturated carbocycles. The highest BCUT2D eigenvalue weighted by Crippen LogP contribution is 2.33. The van der Waals surface area contributed by atoms with Crippen molar-refractivity contribution in [3.05, 3.63) is 42.0 Å². The van der Waals surface area contributed by atoms with Crippen LogP contribution >= 0.6 is 0 Å². The van der Waals surface area contributed by atoms with Crippen molar-refractivity contribution >= 4 is 10.8 Å². The van der Waals surface area contributed by atoms with Gasteiger partial charge in [-0.15, -0.1) is 0 Å². The minimum Gasteiger partial charge on any atom is -0.493 e. The fourth-order valence-electron chi connectivity index (χ4n) is 2.49. The van der Waals surface area contributed by atoms with Crippen molar-refractivity contribution in [2.75, 3.05) is 13.2 Å². The lowest BCUT2D eigenvalue weighted by atomic mass is 10.0. The first-order valence-electron chi connectivity index (χ1n) is 7.67. The summed E-state index contributed by atoms with van der Waals surface area (Å²) in [6, 6.07) is 12.0. The Morgan fingerprint density at radius 1 is 1.00 bits per heavy atom. The van der Waals surface area contributed by atoms with Crippen molar-refractivity contribution in [2.24, 2.45) is 0 Å². The van der Waals surface area contributed by atoms with Gasteiger partial charge in [0.1, 0.15) is 5.75 Å². The van der Waals surface area contributed by atoms with E-state index in [1.54, 1.807) is 6.92 Å². The molecule has 21 heavy (non-hydrogen) atoms. The number of aliphatic hydroxyl groups is 2. The molecule has 2 aromatic rings. The van der Waals surface area contributed by atoms with Crippen molar-refractivity contribution in [1.29, 1.82) is 0 Å². The van der Waals surface area contributed by atoms with Gasteiger partial charge in [0.05, 0.1) is 12.7 Å². The summed E-state index contributed by atoms with van der Waals surface area (Å²) in [5.41, 5.74) is 0.837. The fraction of sp³-hybridized carbons (Fsp3) is 0.444. The summed E-state index contributed by atoms with van der Waals surface area (Å²) < 4.78 is 5.97. The highest BCUT2D eigenvalue weighted by atomic mass is 16.5. The Hall–Kier alpha value is -1.58. The molecule has 3 nitrogen and oxygen atoms in total. The molecule has 0 heterocycles. The molecule has 0 fully saturated rings. The van der Waals surface area contributed by atoms with Crippen LogP contribution in [0.1, 0.15) is 44.3 Å². The van der Waals surface area contributed by atoms with Crippen LogP contribution in [-0.2, 0) is 0 Å². The van der Waals surface area contributed by atoms with Crippen LogP contribution in [0.4, 0.5) is 0 Å². The molecule has 0 unspecified atom stereocenters. The lowest BCUT2D eigenvalue weighted by Crippen LogP contribution is -2.03. The van der Waals surface area contributed by atoms with Crippen LogP contribution in [-0.4, -0.2) is 23.4 Å². The number of benzene rings is 2. The van der Waals surface area contributed by atoms with Crippen molar-refractivity contribution < 1.29 is 14.9 Å². The van der Waals surface area contributed by atoms with E-state index in [4.69, 9.17) is 9.84 Å². The molecule has 0 radical (unpaired) electrons. The molecule has 1 atom stereocenters. The van der Waals surface area contributed by atoms with E-state index >= 15 is 0 Å². The zero-order chi connectivity index (χ0) is 15.1. The minimum atomic E-state index is -0.543. The second-order valence-corrected chi connectivity index (χ2v) is 5.37. The number of rotatable bonds is 8. The van der Waals surface area contributed by atoms with Gasteiger partial charge < -0.3 is 14.9 Å². The molecule has 0 aliphatic carbocycles. The van der Waals surface area contributed by atoms with Crippen LogP contribution in [0, 0.1) is 0 Å². The first kappa shape index (κ1) is 15.8. The van der Waals surface area contributed by atoms with E-state index in [-0.39, 0.29) is 6.61 Å². The zero-order valence-electron chi connectivity index (χ0n) is 12.6. The zero-order valence-corrected chi connectivity index (χ0v) is 12.6. The summed E-state index contributed by atoms with van der Waals surface area (Å²) >= 11 is 0. The third-order valence-electron chi connectivity index (χ3n) is 3.66. The van der Waals surface area contributed by atoms with Crippen LogP contribution in [0.2, 0.25) is 0 Å². The Morgan fingerprint density at radius 3 is 2.52 bits per heavy atom. The molecule has 2 aromatic carbocycles. The Bertz CT molecular complexity index is 563. The predicted octanol–water partition coefficient (Wildman–Crippen LogP) is 3.82. The topological polar surface area (TPSA) is 49.7 Å². The Morgan fingerprint density at radius 2 is 1.76 bits per heavy atom. The second-order valence-electron chi connectivity index (χ2n) is 5.37. The molecule has 114 valence electrons. The summed E-state index contributed by atoms with van der Waals surface area (Å²) in [6.45, 7) is 2.66. The number of ether oxygens (including phenoxy) is 1. The molecule has 0 bridgehead atoms. The molecule has 2 rings (SSSR count). The van der Waals surface area contributed by atoms with Crippen molar-refractivity contribution in [1.82, 2.24) is 0 Å². The average molecular weight is 288 g/mol. The van der Waals surface area contributed by atoms with Gasteiger partial charge in [-0.25, -0.2) is 0 Å². The van der Waals surface area contributed by atoms with Gasteiger partial charge in [0, 0.05) is 17.6 Å². The monoisotopic (exact) mass is 288 g/mol. The number of hydrogen-bond donors (Lipinski definition) is 2. The smallest absolute Gasteiger partial charge is 0.132 e. The SMILES string of the molecule is C[C@H](O)c1ccc2ccccc2c1OCCCCCCO. The lowest BCUT2D eigenvalue weighted by molar-refractivity contribution is 0.191. The summed E-state index contributed by atoms with van der Waals surface area (Å²) in [7, 11) is 0. The molecule has 0 saturated heterocycles. The standard InChI is InChI=1S/C18H24O3/c1-14(20)16-11-10-15-8-4-5-9-17(15)18(16)21-13-7-3-2-6-12-19/h4-5,8-11,14,19-20H,2-3,6-7,12-13H2,1H3/t14-/m0/s1. The van der Waals surface area contributed by atoms with Crippen molar-refractivity contribution in [2.45, 2.75) is 38.7 Å². The number of aliphatic hydroxyl groups excluding tert-OH is 2. The van der Waals surface area contributed by atoms with E-state index in [1.165, 1.54) is 0 Å². The van der Waals surface area contributed by atoms with E-state index in [0.717, 1.165) is 47.8 Å². The van der Waals surface area contributed by atoms with Gasteiger partial charge in [-0.1, -0.05) is 42.8 Å². The summed E-state index contributed by atoms with van der Waals surface area (Å²) in [5, 5.41) is 20.9. The van der Waals surface area contributed by atoms with Gasteiger partial charge in [-0.2, -0.15) is 0 Å². The van der Waals surface area contributed by atoms with Crippen LogP contribution < -0.4 is 4.74 Å².